The fourth-order valence-electron chi connectivity index (χ4n) is 1.83. The van der Waals surface area contributed by atoms with Gasteiger partial charge in [0.2, 0.25) is 0 Å². The minimum Gasteiger partial charge on any atom is -0.464 e. The standard InChI is InChI=1S/C12H14N2O3/c1-3-17-11(15)8(2)14-10-7-5-4-6-9(10)13-12(14)16/h4-8H,3H2,1-2H3,(H,13,16)/t8-/m1/s1. The number of aromatic nitrogens is 2. The van der Waals surface area contributed by atoms with Crippen LogP contribution in [0.3, 0.4) is 0 Å². The molecule has 0 radical (unpaired) electrons. The Kier molecular flexibility index (Phi) is 2.99. The molecule has 0 fully saturated rings. The molecule has 1 N–H and O–H groups in total. The quantitative estimate of drug-likeness (QED) is 0.817. The van der Waals surface area contributed by atoms with Gasteiger partial charge >= 0.3 is 11.7 Å². The highest BCUT2D eigenvalue weighted by molar-refractivity contribution is 5.80. The van der Waals surface area contributed by atoms with E-state index in [9.17, 15) is 9.59 Å². The summed E-state index contributed by atoms with van der Waals surface area (Å²) in [5.41, 5.74) is 1.12. The third kappa shape index (κ3) is 1.95. The normalized spacial score (nSPS) is 12.6. The second-order valence-electron chi connectivity index (χ2n) is 3.75. The van der Waals surface area contributed by atoms with Crippen LogP contribution in [0.15, 0.2) is 29.1 Å². The smallest absolute Gasteiger partial charge is 0.329 e. The first-order valence-corrected chi connectivity index (χ1v) is 5.51. The van der Waals surface area contributed by atoms with E-state index < -0.39 is 12.0 Å². The third-order valence-electron chi connectivity index (χ3n) is 2.64. The van der Waals surface area contributed by atoms with Gasteiger partial charge in [-0.15, -0.1) is 0 Å². The van der Waals surface area contributed by atoms with Crippen LogP contribution in [0.2, 0.25) is 0 Å². The molecule has 0 amide bonds. The minimum atomic E-state index is -0.626. The SMILES string of the molecule is CCOC(=O)[C@@H](C)n1c(=O)[nH]c2ccccc21. The summed E-state index contributed by atoms with van der Waals surface area (Å²) in [4.78, 5) is 26.1. The van der Waals surface area contributed by atoms with E-state index in [0.29, 0.717) is 17.6 Å². The molecule has 0 unspecified atom stereocenters. The Bertz CT molecular complexity index is 597. The van der Waals surface area contributed by atoms with E-state index >= 15 is 0 Å². The van der Waals surface area contributed by atoms with Crippen LogP contribution in [-0.2, 0) is 9.53 Å². The third-order valence-corrected chi connectivity index (χ3v) is 2.64. The van der Waals surface area contributed by atoms with Crippen molar-refractivity contribution in [1.82, 2.24) is 9.55 Å². The number of hydrogen-bond acceptors (Lipinski definition) is 3. The number of carbonyl (C=O) groups excluding carboxylic acids is 1. The van der Waals surface area contributed by atoms with E-state index in [1.807, 2.05) is 12.1 Å². The number of fused-ring (bicyclic) bond motifs is 1. The number of rotatable bonds is 3. The Morgan fingerprint density at radius 1 is 1.47 bits per heavy atom. The van der Waals surface area contributed by atoms with Gasteiger partial charge in [-0.1, -0.05) is 12.1 Å². The summed E-state index contributed by atoms with van der Waals surface area (Å²) in [6, 6.07) is 6.62. The van der Waals surface area contributed by atoms with Crippen LogP contribution in [0.1, 0.15) is 19.9 Å². The minimum absolute atomic E-state index is 0.299. The fraction of sp³-hybridized carbons (Fsp3) is 0.333. The van der Waals surface area contributed by atoms with E-state index in [4.69, 9.17) is 4.74 Å². The van der Waals surface area contributed by atoms with Crippen molar-refractivity contribution in [2.75, 3.05) is 6.61 Å². The summed E-state index contributed by atoms with van der Waals surface area (Å²) in [6.07, 6.45) is 0. The van der Waals surface area contributed by atoms with Crippen molar-refractivity contribution in [2.24, 2.45) is 0 Å². The molecule has 0 aliphatic carbocycles. The summed E-state index contributed by atoms with van der Waals surface area (Å²) in [5.74, 6) is -0.403. The molecule has 2 rings (SSSR count). The van der Waals surface area contributed by atoms with Crippen molar-refractivity contribution in [1.29, 1.82) is 0 Å². The number of carbonyl (C=O) groups is 1. The van der Waals surface area contributed by atoms with E-state index in [1.54, 1.807) is 26.0 Å². The maximum absolute atomic E-state index is 11.8. The number of H-pyrrole nitrogens is 1. The Hall–Kier alpha value is -2.04. The van der Waals surface area contributed by atoms with Crippen LogP contribution >= 0.6 is 0 Å². The maximum atomic E-state index is 11.8. The number of benzene rings is 1. The lowest BCUT2D eigenvalue weighted by atomic mass is 10.3. The summed E-state index contributed by atoms with van der Waals surface area (Å²) in [6.45, 7) is 3.70. The molecule has 0 spiro atoms. The van der Waals surface area contributed by atoms with Crippen LogP contribution in [0.25, 0.3) is 11.0 Å². The molecule has 5 heteroatoms. The monoisotopic (exact) mass is 234 g/mol. The van der Waals surface area contributed by atoms with Crippen molar-refractivity contribution in [2.45, 2.75) is 19.9 Å². The highest BCUT2D eigenvalue weighted by Crippen LogP contribution is 2.15. The van der Waals surface area contributed by atoms with Crippen LogP contribution in [0.4, 0.5) is 0 Å². The van der Waals surface area contributed by atoms with E-state index in [-0.39, 0.29) is 5.69 Å². The average Bonchev–Trinajstić information content (AvgIpc) is 2.64. The molecule has 0 aliphatic heterocycles. The van der Waals surface area contributed by atoms with Gasteiger partial charge in [0, 0.05) is 0 Å². The number of para-hydroxylation sites is 2. The lowest BCUT2D eigenvalue weighted by molar-refractivity contribution is -0.146. The van der Waals surface area contributed by atoms with Gasteiger partial charge in [-0.2, -0.15) is 0 Å². The molecule has 2 aromatic rings. The Morgan fingerprint density at radius 2 is 2.18 bits per heavy atom. The molecule has 1 atom stereocenters. The Labute approximate surface area is 98.0 Å². The summed E-state index contributed by atoms with van der Waals surface area (Å²) in [7, 11) is 0. The van der Waals surface area contributed by atoms with Gasteiger partial charge in [0.25, 0.3) is 0 Å². The molecule has 1 aromatic carbocycles. The van der Waals surface area contributed by atoms with Gasteiger partial charge in [0.15, 0.2) is 0 Å². The molecule has 90 valence electrons. The van der Waals surface area contributed by atoms with Gasteiger partial charge in [0.1, 0.15) is 6.04 Å². The Balaban J connectivity index is 2.51. The zero-order valence-corrected chi connectivity index (χ0v) is 9.77. The zero-order chi connectivity index (χ0) is 12.4. The van der Waals surface area contributed by atoms with Gasteiger partial charge in [-0.3, -0.25) is 4.57 Å². The number of nitrogens with one attached hydrogen (secondary N) is 1. The molecule has 17 heavy (non-hydrogen) atoms. The van der Waals surface area contributed by atoms with Gasteiger partial charge in [0.05, 0.1) is 17.6 Å². The molecule has 5 nitrogen and oxygen atoms in total. The molecular formula is C12H14N2O3. The van der Waals surface area contributed by atoms with E-state index in [2.05, 4.69) is 4.98 Å². The fourth-order valence-corrected chi connectivity index (χ4v) is 1.83. The van der Waals surface area contributed by atoms with Crippen LogP contribution in [-0.4, -0.2) is 22.1 Å². The van der Waals surface area contributed by atoms with E-state index in [1.165, 1.54) is 4.57 Å². The molecule has 1 aromatic heterocycles. The first-order chi connectivity index (χ1) is 8.15. The number of esters is 1. The highest BCUT2D eigenvalue weighted by atomic mass is 16.5. The number of hydrogen-bond donors (Lipinski definition) is 1. The van der Waals surface area contributed by atoms with E-state index in [0.717, 1.165) is 0 Å². The molecule has 0 saturated carbocycles. The molecule has 1 heterocycles. The van der Waals surface area contributed by atoms with Gasteiger partial charge in [-0.25, -0.2) is 9.59 Å². The predicted molar refractivity (Wildman–Crippen MR) is 63.9 cm³/mol. The predicted octanol–water partition coefficient (Wildman–Crippen LogP) is 1.45. The van der Waals surface area contributed by atoms with Crippen molar-refractivity contribution < 1.29 is 9.53 Å². The number of imidazole rings is 1. The maximum Gasteiger partial charge on any atom is 0.329 e. The second-order valence-corrected chi connectivity index (χ2v) is 3.75. The van der Waals surface area contributed by atoms with Crippen LogP contribution < -0.4 is 5.69 Å². The van der Waals surface area contributed by atoms with Crippen molar-refractivity contribution >= 4 is 17.0 Å². The number of nitrogens with zero attached hydrogens (tertiary/aromatic N) is 1. The van der Waals surface area contributed by atoms with Gasteiger partial charge in [-0.05, 0) is 26.0 Å². The molecular weight excluding hydrogens is 220 g/mol. The summed E-state index contributed by atoms with van der Waals surface area (Å²) in [5, 5.41) is 0. The molecule has 0 bridgehead atoms. The van der Waals surface area contributed by atoms with Gasteiger partial charge < -0.3 is 9.72 Å². The number of aromatic amines is 1. The van der Waals surface area contributed by atoms with Crippen LogP contribution in [0, 0.1) is 0 Å². The lowest BCUT2D eigenvalue weighted by Crippen LogP contribution is -2.27. The number of ether oxygens (including phenoxy) is 1. The Morgan fingerprint density at radius 3 is 2.88 bits per heavy atom. The second kappa shape index (κ2) is 4.45. The summed E-state index contributed by atoms with van der Waals surface area (Å²) < 4.78 is 6.33. The largest absolute Gasteiger partial charge is 0.464 e. The first kappa shape index (κ1) is 11.4. The van der Waals surface area contributed by atoms with Crippen molar-refractivity contribution in [3.05, 3.63) is 34.7 Å². The topological polar surface area (TPSA) is 64.1 Å². The van der Waals surface area contributed by atoms with Crippen molar-refractivity contribution in [3.8, 4) is 0 Å². The molecule has 0 aliphatic rings. The molecule has 0 saturated heterocycles. The van der Waals surface area contributed by atoms with Crippen LogP contribution in [0.5, 0.6) is 0 Å². The van der Waals surface area contributed by atoms with Crippen molar-refractivity contribution in [3.63, 3.8) is 0 Å². The zero-order valence-electron chi connectivity index (χ0n) is 9.77. The highest BCUT2D eigenvalue weighted by Gasteiger charge is 2.20. The lowest BCUT2D eigenvalue weighted by Gasteiger charge is -2.11. The summed E-state index contributed by atoms with van der Waals surface area (Å²) >= 11 is 0. The first-order valence-electron chi connectivity index (χ1n) is 5.51. The average molecular weight is 234 g/mol.